The molecule has 0 saturated carbocycles. The van der Waals surface area contributed by atoms with Gasteiger partial charge in [0.05, 0.1) is 0 Å². The summed E-state index contributed by atoms with van der Waals surface area (Å²) in [5, 5.41) is 8.93. The van der Waals surface area contributed by atoms with E-state index in [2.05, 4.69) is 11.3 Å². The highest BCUT2D eigenvalue weighted by atomic mass is 32.2. The average molecular weight is 224 g/mol. The fourth-order valence-electron chi connectivity index (χ4n) is 0.614. The molecule has 7 heteroatoms. The minimum absolute atomic E-state index is 0.0284. The second-order valence-electron chi connectivity index (χ2n) is 2.81. The van der Waals surface area contributed by atoms with Gasteiger partial charge in [0.1, 0.15) is 6.10 Å². The van der Waals surface area contributed by atoms with E-state index in [0.29, 0.717) is 0 Å². The molecule has 2 unspecified atom stereocenters. The lowest BCUT2D eigenvalue weighted by Gasteiger charge is -2.17. The Morgan fingerprint density at radius 1 is 1.50 bits per heavy atom. The van der Waals surface area contributed by atoms with E-state index in [0.717, 1.165) is 6.92 Å². The van der Waals surface area contributed by atoms with Crippen molar-refractivity contribution in [1.29, 1.82) is 0 Å². The first-order valence-electron chi connectivity index (χ1n) is 3.67. The third-order valence-corrected chi connectivity index (χ3v) is 2.34. The Morgan fingerprint density at radius 2 is 1.93 bits per heavy atom. The molecule has 0 aromatic heterocycles. The lowest BCUT2D eigenvalue weighted by atomic mass is 10.3. The molecule has 0 spiro atoms. The molecule has 0 saturated heterocycles. The molecule has 0 bridgehead atoms. The summed E-state index contributed by atoms with van der Waals surface area (Å²) in [7, 11) is -4.63. The van der Waals surface area contributed by atoms with E-state index < -0.39 is 27.6 Å². The summed E-state index contributed by atoms with van der Waals surface area (Å²) in [4.78, 5) is 10.9. The summed E-state index contributed by atoms with van der Waals surface area (Å²) in [6.45, 7) is 5.60. The maximum Gasteiger partial charge on any atom is 0.334 e. The van der Waals surface area contributed by atoms with E-state index >= 15 is 0 Å². The van der Waals surface area contributed by atoms with Gasteiger partial charge in [0.2, 0.25) is 0 Å². The van der Waals surface area contributed by atoms with Crippen molar-refractivity contribution in [1.82, 2.24) is 0 Å². The van der Waals surface area contributed by atoms with Gasteiger partial charge in [-0.05, 0) is 13.8 Å². The van der Waals surface area contributed by atoms with Crippen molar-refractivity contribution < 1.29 is 27.6 Å². The van der Waals surface area contributed by atoms with Gasteiger partial charge in [0.15, 0.2) is 0 Å². The molecule has 6 nitrogen and oxygen atoms in total. The van der Waals surface area contributed by atoms with Gasteiger partial charge >= 0.3 is 16.1 Å². The van der Waals surface area contributed by atoms with Crippen LogP contribution < -0.4 is 0 Å². The lowest BCUT2D eigenvalue weighted by molar-refractivity contribution is -0.144. The molecule has 0 heterocycles. The van der Waals surface area contributed by atoms with Crippen LogP contribution in [0, 0.1) is 0 Å². The maximum absolute atomic E-state index is 10.9. The molecule has 0 rings (SSSR count). The maximum atomic E-state index is 10.9. The molecule has 0 aliphatic carbocycles. The van der Waals surface area contributed by atoms with Gasteiger partial charge in [0.25, 0.3) is 5.44 Å². The normalized spacial score (nSPS) is 15.7. The van der Waals surface area contributed by atoms with E-state index in [1.807, 2.05) is 0 Å². The predicted molar refractivity (Wildman–Crippen MR) is 47.9 cm³/mol. The van der Waals surface area contributed by atoms with Crippen molar-refractivity contribution in [3.05, 3.63) is 12.2 Å². The smallest absolute Gasteiger partial charge is 0.334 e. The van der Waals surface area contributed by atoms with Gasteiger partial charge in [-0.2, -0.15) is 8.42 Å². The average Bonchev–Trinajstić information content (AvgIpc) is 1.96. The second kappa shape index (κ2) is 4.54. The molecule has 0 amide bonds. The number of hydrogen-bond donors (Lipinski definition) is 2. The fraction of sp³-hybridized carbons (Fsp3) is 0.571. The van der Waals surface area contributed by atoms with Crippen LogP contribution in [0.2, 0.25) is 0 Å². The Bertz CT molecular complexity index is 328. The second-order valence-corrected chi connectivity index (χ2v) is 4.30. The minimum atomic E-state index is -4.63. The minimum Gasteiger partial charge on any atom is -0.437 e. The van der Waals surface area contributed by atoms with Gasteiger partial charge < -0.3 is 9.84 Å². The quantitative estimate of drug-likeness (QED) is 0.386. The zero-order valence-electron chi connectivity index (χ0n) is 7.80. The first kappa shape index (κ1) is 13.1. The van der Waals surface area contributed by atoms with Gasteiger partial charge in [-0.1, -0.05) is 6.58 Å². The van der Waals surface area contributed by atoms with Crippen LogP contribution in [-0.2, 0) is 19.6 Å². The van der Waals surface area contributed by atoms with Gasteiger partial charge in [0, 0.05) is 5.57 Å². The molecule has 0 aromatic rings. The van der Waals surface area contributed by atoms with Gasteiger partial charge in [-0.15, -0.1) is 0 Å². The summed E-state index contributed by atoms with van der Waals surface area (Å²) in [5.74, 6) is -0.992. The number of esters is 1. The number of carbonyl (C=O) groups excluding carboxylic acids is 1. The van der Waals surface area contributed by atoms with E-state index in [1.165, 1.54) is 6.92 Å². The van der Waals surface area contributed by atoms with Gasteiger partial charge in [-0.25, -0.2) is 4.79 Å². The van der Waals surface area contributed by atoms with Crippen molar-refractivity contribution in [3.63, 3.8) is 0 Å². The molecular formula is C7H12O6S. The monoisotopic (exact) mass is 224 g/mol. The number of rotatable bonds is 4. The molecule has 14 heavy (non-hydrogen) atoms. The zero-order valence-corrected chi connectivity index (χ0v) is 8.61. The van der Waals surface area contributed by atoms with Crippen LogP contribution in [0.25, 0.3) is 0 Å². The summed E-state index contributed by atoms with van der Waals surface area (Å²) >= 11 is 0. The highest BCUT2D eigenvalue weighted by molar-refractivity contribution is 7.86. The van der Waals surface area contributed by atoms with Crippen molar-refractivity contribution >= 4 is 16.1 Å². The first-order valence-corrected chi connectivity index (χ1v) is 5.17. The van der Waals surface area contributed by atoms with Gasteiger partial charge in [-0.3, -0.25) is 4.55 Å². The van der Waals surface area contributed by atoms with Crippen molar-refractivity contribution in [2.24, 2.45) is 0 Å². The summed E-state index contributed by atoms with van der Waals surface area (Å²) < 4.78 is 34.1. The predicted octanol–water partition coefficient (Wildman–Crippen LogP) is -0.300. The number of carbonyl (C=O) groups is 1. The number of ether oxygens (including phenoxy) is 1. The Labute approximate surface area is 81.9 Å². The Hall–Kier alpha value is -0.920. The lowest BCUT2D eigenvalue weighted by Crippen LogP contribution is -2.36. The van der Waals surface area contributed by atoms with E-state index in [9.17, 15) is 13.2 Å². The van der Waals surface area contributed by atoms with E-state index in [4.69, 9.17) is 9.66 Å². The SMILES string of the molecule is C=C(C)C(=O)OC(C(C)O)S(=O)(=O)O. The van der Waals surface area contributed by atoms with E-state index in [1.54, 1.807) is 0 Å². The first-order chi connectivity index (χ1) is 6.16. The topological polar surface area (TPSA) is 101 Å². The van der Waals surface area contributed by atoms with Crippen molar-refractivity contribution in [3.8, 4) is 0 Å². The largest absolute Gasteiger partial charge is 0.437 e. The zero-order chi connectivity index (χ0) is 11.5. The van der Waals surface area contributed by atoms with Crippen LogP contribution >= 0.6 is 0 Å². The molecule has 0 aliphatic rings. The standard InChI is InChI=1S/C7H12O6S/c1-4(2)6(9)13-7(5(3)8)14(10,11)12/h5,7-8H,1H2,2-3H3,(H,10,11,12). The Morgan fingerprint density at radius 3 is 2.14 bits per heavy atom. The Balaban J connectivity index is 4.74. The van der Waals surface area contributed by atoms with Crippen LogP contribution in [0.5, 0.6) is 0 Å². The number of aliphatic hydroxyl groups is 1. The molecular weight excluding hydrogens is 212 g/mol. The highest BCUT2D eigenvalue weighted by Gasteiger charge is 2.32. The molecule has 0 radical (unpaired) electrons. The molecule has 0 fully saturated rings. The Kier molecular flexibility index (Phi) is 4.24. The number of aliphatic hydroxyl groups excluding tert-OH is 1. The molecule has 2 atom stereocenters. The summed E-state index contributed by atoms with van der Waals surface area (Å²) in [5.41, 5.74) is -2.01. The summed E-state index contributed by atoms with van der Waals surface area (Å²) in [6, 6.07) is 0. The van der Waals surface area contributed by atoms with Crippen LogP contribution in [0.3, 0.4) is 0 Å². The molecule has 0 aliphatic heterocycles. The van der Waals surface area contributed by atoms with Crippen LogP contribution in [0.1, 0.15) is 13.8 Å². The fourth-order valence-corrected chi connectivity index (χ4v) is 1.32. The molecule has 0 aromatic carbocycles. The van der Waals surface area contributed by atoms with Crippen LogP contribution in [0.15, 0.2) is 12.2 Å². The molecule has 2 N–H and O–H groups in total. The third-order valence-electron chi connectivity index (χ3n) is 1.26. The van der Waals surface area contributed by atoms with Crippen molar-refractivity contribution in [2.75, 3.05) is 0 Å². The van der Waals surface area contributed by atoms with E-state index in [-0.39, 0.29) is 5.57 Å². The van der Waals surface area contributed by atoms with Crippen LogP contribution in [-0.4, -0.2) is 35.6 Å². The highest BCUT2D eigenvalue weighted by Crippen LogP contribution is 2.09. The molecule has 82 valence electrons. The summed E-state index contributed by atoms with van der Waals surface area (Å²) in [6.07, 6.45) is -1.52. The van der Waals surface area contributed by atoms with Crippen molar-refractivity contribution in [2.45, 2.75) is 25.4 Å². The third kappa shape index (κ3) is 3.86. The van der Waals surface area contributed by atoms with Crippen LogP contribution in [0.4, 0.5) is 0 Å². The number of hydrogen-bond acceptors (Lipinski definition) is 5.